The van der Waals surface area contributed by atoms with E-state index >= 15 is 0 Å². The van der Waals surface area contributed by atoms with E-state index in [-0.39, 0.29) is 4.90 Å². The molecular weight excluding hydrogens is 308 g/mol. The zero-order valence-electron chi connectivity index (χ0n) is 12.1. The number of halogens is 1. The first-order valence-electron chi connectivity index (χ1n) is 7.34. The quantitative estimate of drug-likeness (QED) is 0.924. The van der Waals surface area contributed by atoms with Gasteiger partial charge < -0.3 is 5.73 Å². The number of benzene rings is 1. The summed E-state index contributed by atoms with van der Waals surface area (Å²) in [7, 11) is -3.21. The number of nitrogens with zero attached hydrogens (tertiary/aromatic N) is 1. The van der Waals surface area contributed by atoms with E-state index in [0.717, 1.165) is 24.9 Å². The molecule has 2 aliphatic heterocycles. The number of hydrogen-bond donors (Lipinski definition) is 1. The Hall–Kier alpha value is -0.620. The summed E-state index contributed by atoms with van der Waals surface area (Å²) in [4.78, 5) is 2.77. The van der Waals surface area contributed by atoms with Crippen LogP contribution in [0.4, 0.5) is 0 Å². The van der Waals surface area contributed by atoms with Gasteiger partial charge >= 0.3 is 0 Å². The molecule has 0 saturated carbocycles. The largest absolute Gasteiger partial charge is 0.328 e. The van der Waals surface area contributed by atoms with Crippen LogP contribution in [0.1, 0.15) is 31.2 Å². The topological polar surface area (TPSA) is 63.4 Å². The molecule has 0 radical (unpaired) electrons. The molecular formula is C15H21ClN2O2S. The SMILES string of the molecule is CS(=O)(=O)c1ccc(CN2[C@@H]3CC[C@H]2CC(N)C3)c(Cl)c1. The van der Waals surface area contributed by atoms with E-state index in [9.17, 15) is 8.42 Å². The second-order valence-corrected chi connectivity index (χ2v) is 8.74. The molecule has 0 aromatic heterocycles. The minimum absolute atomic E-state index is 0.278. The fourth-order valence-corrected chi connectivity index (χ4v) is 4.61. The van der Waals surface area contributed by atoms with Crippen molar-refractivity contribution in [1.29, 1.82) is 0 Å². The normalized spacial score (nSPS) is 29.8. The van der Waals surface area contributed by atoms with E-state index in [1.165, 1.54) is 19.1 Å². The summed E-state index contributed by atoms with van der Waals surface area (Å²) in [5.74, 6) is 0. The van der Waals surface area contributed by atoms with E-state index in [2.05, 4.69) is 4.90 Å². The van der Waals surface area contributed by atoms with Gasteiger partial charge in [-0.1, -0.05) is 17.7 Å². The van der Waals surface area contributed by atoms with Crippen LogP contribution in [0.5, 0.6) is 0 Å². The number of rotatable bonds is 3. The molecule has 2 N–H and O–H groups in total. The fourth-order valence-electron chi connectivity index (χ4n) is 3.66. The lowest BCUT2D eigenvalue weighted by Gasteiger charge is -2.37. The number of hydrogen-bond acceptors (Lipinski definition) is 4. The van der Waals surface area contributed by atoms with E-state index in [1.807, 2.05) is 6.07 Å². The van der Waals surface area contributed by atoms with Crippen molar-refractivity contribution in [1.82, 2.24) is 4.90 Å². The van der Waals surface area contributed by atoms with Gasteiger partial charge in [0, 0.05) is 35.9 Å². The van der Waals surface area contributed by atoms with Gasteiger partial charge in [-0.3, -0.25) is 4.90 Å². The van der Waals surface area contributed by atoms with Gasteiger partial charge in [-0.25, -0.2) is 8.42 Å². The lowest BCUT2D eigenvalue weighted by molar-refractivity contribution is 0.120. The van der Waals surface area contributed by atoms with Crippen LogP contribution in [0.2, 0.25) is 5.02 Å². The number of sulfone groups is 1. The molecule has 116 valence electrons. The van der Waals surface area contributed by atoms with Crippen LogP contribution in [-0.4, -0.2) is 37.7 Å². The van der Waals surface area contributed by atoms with Crippen LogP contribution in [-0.2, 0) is 16.4 Å². The molecule has 6 heteroatoms. The zero-order valence-corrected chi connectivity index (χ0v) is 13.7. The molecule has 2 bridgehead atoms. The smallest absolute Gasteiger partial charge is 0.175 e. The lowest BCUT2D eigenvalue weighted by Crippen LogP contribution is -2.46. The molecule has 2 fully saturated rings. The molecule has 2 heterocycles. The van der Waals surface area contributed by atoms with Crippen molar-refractivity contribution in [3.8, 4) is 0 Å². The van der Waals surface area contributed by atoms with Gasteiger partial charge in [-0.05, 0) is 43.4 Å². The van der Waals surface area contributed by atoms with Crippen molar-refractivity contribution in [3.05, 3.63) is 28.8 Å². The Bertz CT molecular complexity index is 633. The lowest BCUT2D eigenvalue weighted by atomic mass is 9.97. The van der Waals surface area contributed by atoms with Crippen molar-refractivity contribution >= 4 is 21.4 Å². The molecule has 0 aliphatic carbocycles. The summed E-state index contributed by atoms with van der Waals surface area (Å²) in [6.07, 6.45) is 5.71. The molecule has 4 nitrogen and oxygen atoms in total. The average Bonchev–Trinajstić information content (AvgIpc) is 2.63. The summed E-state index contributed by atoms with van der Waals surface area (Å²) < 4.78 is 23.1. The summed E-state index contributed by atoms with van der Waals surface area (Å²) in [5, 5.41) is 0.534. The first-order valence-corrected chi connectivity index (χ1v) is 9.61. The van der Waals surface area contributed by atoms with Crippen LogP contribution in [0.3, 0.4) is 0 Å². The first-order chi connectivity index (χ1) is 9.84. The van der Waals surface area contributed by atoms with E-state index in [4.69, 9.17) is 17.3 Å². The number of piperidine rings is 1. The Morgan fingerprint density at radius 2 is 1.90 bits per heavy atom. The molecule has 1 aromatic carbocycles. The van der Waals surface area contributed by atoms with Crippen molar-refractivity contribution in [2.45, 2.75) is 55.2 Å². The van der Waals surface area contributed by atoms with Crippen molar-refractivity contribution in [2.75, 3.05) is 6.26 Å². The van der Waals surface area contributed by atoms with Crippen molar-refractivity contribution in [2.24, 2.45) is 5.73 Å². The third kappa shape index (κ3) is 3.11. The van der Waals surface area contributed by atoms with E-state index < -0.39 is 9.84 Å². The van der Waals surface area contributed by atoms with Gasteiger partial charge in [0.25, 0.3) is 0 Å². The van der Waals surface area contributed by atoms with Crippen LogP contribution in [0, 0.1) is 0 Å². The van der Waals surface area contributed by atoms with Gasteiger partial charge in [0.05, 0.1) is 4.90 Å². The predicted molar refractivity (Wildman–Crippen MR) is 84.1 cm³/mol. The third-order valence-corrected chi connectivity index (χ3v) is 6.19. The Balaban J connectivity index is 1.80. The molecule has 0 amide bonds. The first kappa shape index (κ1) is 15.3. The summed E-state index contributed by atoms with van der Waals surface area (Å²) in [6, 6.07) is 6.46. The van der Waals surface area contributed by atoms with Crippen LogP contribution in [0.15, 0.2) is 23.1 Å². The van der Waals surface area contributed by atoms with E-state index in [1.54, 1.807) is 12.1 Å². The Morgan fingerprint density at radius 3 is 2.43 bits per heavy atom. The van der Waals surface area contributed by atoms with Gasteiger partial charge in [0.15, 0.2) is 9.84 Å². The highest BCUT2D eigenvalue weighted by Gasteiger charge is 2.39. The molecule has 3 rings (SSSR count). The molecule has 21 heavy (non-hydrogen) atoms. The maximum atomic E-state index is 11.6. The third-order valence-electron chi connectivity index (χ3n) is 4.73. The second kappa shape index (κ2) is 5.54. The predicted octanol–water partition coefficient (Wildman–Crippen LogP) is 2.20. The number of nitrogens with two attached hydrogens (primary N) is 1. The highest BCUT2D eigenvalue weighted by atomic mass is 35.5. The molecule has 1 aromatic rings. The number of fused-ring (bicyclic) bond motifs is 2. The maximum Gasteiger partial charge on any atom is 0.175 e. The van der Waals surface area contributed by atoms with Gasteiger partial charge in [-0.2, -0.15) is 0 Å². The summed E-state index contributed by atoms with van der Waals surface area (Å²) >= 11 is 6.28. The molecule has 2 aliphatic rings. The van der Waals surface area contributed by atoms with Crippen molar-refractivity contribution in [3.63, 3.8) is 0 Å². The van der Waals surface area contributed by atoms with Crippen LogP contribution in [0.25, 0.3) is 0 Å². The Kier molecular flexibility index (Phi) is 4.03. The van der Waals surface area contributed by atoms with Gasteiger partial charge in [0.1, 0.15) is 0 Å². The minimum Gasteiger partial charge on any atom is -0.328 e. The minimum atomic E-state index is -3.21. The molecule has 2 saturated heterocycles. The zero-order chi connectivity index (χ0) is 15.2. The average molecular weight is 329 g/mol. The Morgan fingerprint density at radius 1 is 1.29 bits per heavy atom. The Labute approximate surface area is 131 Å². The fraction of sp³-hybridized carbons (Fsp3) is 0.600. The molecule has 0 spiro atoms. The van der Waals surface area contributed by atoms with Gasteiger partial charge in [-0.15, -0.1) is 0 Å². The van der Waals surface area contributed by atoms with E-state index in [0.29, 0.717) is 23.1 Å². The monoisotopic (exact) mass is 328 g/mol. The summed E-state index contributed by atoms with van der Waals surface area (Å²) in [5.41, 5.74) is 7.09. The highest BCUT2D eigenvalue weighted by Crippen LogP contribution is 2.37. The molecule has 3 atom stereocenters. The van der Waals surface area contributed by atoms with Crippen molar-refractivity contribution < 1.29 is 8.42 Å². The standard InChI is InChI=1S/C15H21ClN2O2S/c1-21(19,20)14-5-2-10(15(16)8-14)9-18-12-3-4-13(18)7-11(17)6-12/h2,5,8,11-13H,3-4,6-7,9,17H2,1H3/t11?,12-,13+. The second-order valence-electron chi connectivity index (χ2n) is 6.31. The van der Waals surface area contributed by atoms with Crippen LogP contribution >= 0.6 is 11.6 Å². The maximum absolute atomic E-state index is 11.6. The molecule has 1 unspecified atom stereocenters. The van der Waals surface area contributed by atoms with Gasteiger partial charge in [0.2, 0.25) is 0 Å². The highest BCUT2D eigenvalue weighted by molar-refractivity contribution is 7.90. The summed E-state index contributed by atoms with van der Waals surface area (Å²) in [6.45, 7) is 0.783. The van der Waals surface area contributed by atoms with Crippen LogP contribution < -0.4 is 5.73 Å².